The van der Waals surface area contributed by atoms with E-state index in [0.717, 1.165) is 34.4 Å². The van der Waals surface area contributed by atoms with E-state index in [-0.39, 0.29) is 25.0 Å². The maximum absolute atomic E-state index is 12.2. The average molecular weight is 383 g/mol. The Morgan fingerprint density at radius 2 is 1.68 bits per heavy atom. The number of hydrogen-bond donors (Lipinski definition) is 2. The van der Waals surface area contributed by atoms with Gasteiger partial charge in [0.25, 0.3) is 5.91 Å². The van der Waals surface area contributed by atoms with Crippen molar-refractivity contribution in [2.75, 3.05) is 18.5 Å². The third-order valence-electron chi connectivity index (χ3n) is 4.81. The van der Waals surface area contributed by atoms with Gasteiger partial charge in [-0.2, -0.15) is 0 Å². The molecule has 0 saturated carbocycles. The zero-order chi connectivity index (χ0) is 20.7. The first-order valence-electron chi connectivity index (χ1n) is 9.68. The smallest absolute Gasteiger partial charge is 0.258 e. The highest BCUT2D eigenvalue weighted by Gasteiger charge is 2.13. The Morgan fingerprint density at radius 1 is 1.04 bits per heavy atom. The van der Waals surface area contributed by atoms with Gasteiger partial charge in [-0.25, -0.2) is 0 Å². The van der Waals surface area contributed by atoms with Crippen LogP contribution in [-0.4, -0.2) is 25.0 Å². The molecule has 0 aliphatic carbocycles. The fraction of sp³-hybridized carbons (Fsp3) is 0.391. The van der Waals surface area contributed by atoms with Crippen molar-refractivity contribution in [3.63, 3.8) is 0 Å². The van der Waals surface area contributed by atoms with Gasteiger partial charge >= 0.3 is 0 Å². The van der Waals surface area contributed by atoms with E-state index in [1.54, 1.807) is 0 Å². The molecule has 0 heterocycles. The van der Waals surface area contributed by atoms with Crippen LogP contribution in [0.4, 0.5) is 5.69 Å². The molecule has 28 heavy (non-hydrogen) atoms. The van der Waals surface area contributed by atoms with Crippen LogP contribution < -0.4 is 15.4 Å². The van der Waals surface area contributed by atoms with Crippen molar-refractivity contribution >= 4 is 17.5 Å². The number of benzene rings is 2. The fourth-order valence-electron chi connectivity index (χ4n) is 3.17. The molecule has 0 aliphatic rings. The third-order valence-corrected chi connectivity index (χ3v) is 4.81. The summed E-state index contributed by atoms with van der Waals surface area (Å²) in [5, 5.41) is 5.48. The van der Waals surface area contributed by atoms with Crippen molar-refractivity contribution in [1.82, 2.24) is 5.32 Å². The van der Waals surface area contributed by atoms with Gasteiger partial charge in [-0.05, 0) is 55.9 Å². The Bertz CT molecular complexity index is 822. The zero-order valence-electron chi connectivity index (χ0n) is 17.4. The summed E-state index contributed by atoms with van der Waals surface area (Å²) in [6.45, 7) is 9.95. The van der Waals surface area contributed by atoms with E-state index >= 15 is 0 Å². The standard InChI is InChI=1S/C23H30N2O3/c1-6-16(3)19-9-7-8-10-20(19)28-14-22(27)24-13-21(26)25-23-17(4)11-15(2)12-18(23)5/h7-12,16H,6,13-14H2,1-5H3,(H,24,27)(H,25,26). The maximum atomic E-state index is 12.2. The Balaban J connectivity index is 1.86. The number of amides is 2. The molecule has 2 amide bonds. The second-order valence-electron chi connectivity index (χ2n) is 7.23. The van der Waals surface area contributed by atoms with E-state index in [0.29, 0.717) is 11.7 Å². The quantitative estimate of drug-likeness (QED) is 0.717. The molecular formula is C23H30N2O3. The minimum atomic E-state index is -0.327. The lowest BCUT2D eigenvalue weighted by atomic mass is 9.98. The van der Waals surface area contributed by atoms with Gasteiger partial charge in [-0.1, -0.05) is 49.7 Å². The topological polar surface area (TPSA) is 67.4 Å². The highest BCUT2D eigenvalue weighted by molar-refractivity contribution is 5.95. The summed E-state index contributed by atoms with van der Waals surface area (Å²) in [4.78, 5) is 24.3. The summed E-state index contributed by atoms with van der Waals surface area (Å²) in [6.07, 6.45) is 0.991. The van der Waals surface area contributed by atoms with Crippen molar-refractivity contribution in [2.24, 2.45) is 0 Å². The minimum absolute atomic E-state index is 0.0953. The Hall–Kier alpha value is -2.82. The van der Waals surface area contributed by atoms with Crippen molar-refractivity contribution in [3.05, 3.63) is 58.7 Å². The van der Waals surface area contributed by atoms with Crippen LogP contribution in [-0.2, 0) is 9.59 Å². The van der Waals surface area contributed by atoms with Gasteiger partial charge in [0.05, 0.1) is 6.54 Å². The number of anilines is 1. The van der Waals surface area contributed by atoms with Gasteiger partial charge in [0, 0.05) is 5.69 Å². The van der Waals surface area contributed by atoms with Gasteiger partial charge in [0.15, 0.2) is 6.61 Å². The van der Waals surface area contributed by atoms with Gasteiger partial charge < -0.3 is 15.4 Å². The van der Waals surface area contributed by atoms with E-state index < -0.39 is 0 Å². The molecule has 0 radical (unpaired) electrons. The lowest BCUT2D eigenvalue weighted by Gasteiger charge is -2.16. The Morgan fingerprint density at radius 3 is 2.32 bits per heavy atom. The lowest BCUT2D eigenvalue weighted by Crippen LogP contribution is -2.36. The zero-order valence-corrected chi connectivity index (χ0v) is 17.4. The second kappa shape index (κ2) is 9.93. The highest BCUT2D eigenvalue weighted by Crippen LogP contribution is 2.28. The van der Waals surface area contributed by atoms with Crippen LogP contribution in [0.5, 0.6) is 5.75 Å². The molecule has 0 aliphatic heterocycles. The van der Waals surface area contributed by atoms with Gasteiger partial charge in [-0.3, -0.25) is 9.59 Å². The monoisotopic (exact) mass is 382 g/mol. The molecule has 0 fully saturated rings. The van der Waals surface area contributed by atoms with Gasteiger partial charge in [-0.15, -0.1) is 0 Å². The molecule has 5 heteroatoms. The van der Waals surface area contributed by atoms with Crippen molar-refractivity contribution < 1.29 is 14.3 Å². The van der Waals surface area contributed by atoms with Crippen LogP contribution in [0.2, 0.25) is 0 Å². The van der Waals surface area contributed by atoms with Crippen LogP contribution in [0.15, 0.2) is 36.4 Å². The number of hydrogen-bond acceptors (Lipinski definition) is 3. The number of nitrogens with one attached hydrogen (secondary N) is 2. The Labute approximate surface area is 167 Å². The molecule has 2 aromatic rings. The first-order chi connectivity index (χ1) is 13.3. The normalized spacial score (nSPS) is 11.6. The number of aryl methyl sites for hydroxylation is 3. The van der Waals surface area contributed by atoms with Crippen molar-refractivity contribution in [2.45, 2.75) is 47.0 Å². The highest BCUT2D eigenvalue weighted by atomic mass is 16.5. The summed E-state index contributed by atoms with van der Waals surface area (Å²) < 4.78 is 5.68. The predicted molar refractivity (Wildman–Crippen MR) is 113 cm³/mol. The van der Waals surface area contributed by atoms with E-state index in [1.807, 2.05) is 57.2 Å². The van der Waals surface area contributed by atoms with Gasteiger partial charge in [0.1, 0.15) is 5.75 Å². The summed E-state index contributed by atoms with van der Waals surface area (Å²) in [5.41, 5.74) is 5.03. The summed E-state index contributed by atoms with van der Waals surface area (Å²) >= 11 is 0. The molecule has 5 nitrogen and oxygen atoms in total. The van der Waals surface area contributed by atoms with E-state index in [1.165, 1.54) is 0 Å². The third kappa shape index (κ3) is 5.84. The first kappa shape index (κ1) is 21.5. The predicted octanol–water partition coefficient (Wildman–Crippen LogP) is 4.26. The number of para-hydroxylation sites is 1. The molecule has 2 rings (SSSR count). The van der Waals surface area contributed by atoms with Crippen LogP contribution in [0.25, 0.3) is 0 Å². The molecule has 0 bridgehead atoms. The molecular weight excluding hydrogens is 352 g/mol. The molecule has 2 N–H and O–H groups in total. The first-order valence-corrected chi connectivity index (χ1v) is 9.68. The molecule has 150 valence electrons. The number of rotatable bonds is 8. The van der Waals surface area contributed by atoms with E-state index in [4.69, 9.17) is 4.74 Å². The lowest BCUT2D eigenvalue weighted by molar-refractivity contribution is -0.125. The summed E-state index contributed by atoms with van der Waals surface area (Å²) in [7, 11) is 0. The van der Waals surface area contributed by atoms with Crippen LogP contribution in [0.3, 0.4) is 0 Å². The largest absolute Gasteiger partial charge is 0.483 e. The van der Waals surface area contributed by atoms with Crippen LogP contribution in [0.1, 0.15) is 48.4 Å². The second-order valence-corrected chi connectivity index (χ2v) is 7.23. The van der Waals surface area contributed by atoms with Crippen molar-refractivity contribution in [3.8, 4) is 5.75 Å². The number of ether oxygens (including phenoxy) is 1. The minimum Gasteiger partial charge on any atom is -0.483 e. The fourth-order valence-corrected chi connectivity index (χ4v) is 3.17. The SMILES string of the molecule is CCC(C)c1ccccc1OCC(=O)NCC(=O)Nc1c(C)cc(C)cc1C. The molecule has 0 aromatic heterocycles. The van der Waals surface area contributed by atoms with E-state index in [9.17, 15) is 9.59 Å². The molecule has 1 atom stereocenters. The van der Waals surface area contributed by atoms with Crippen LogP contribution >= 0.6 is 0 Å². The number of carbonyl (C=O) groups excluding carboxylic acids is 2. The van der Waals surface area contributed by atoms with Crippen LogP contribution in [0, 0.1) is 20.8 Å². The maximum Gasteiger partial charge on any atom is 0.258 e. The van der Waals surface area contributed by atoms with E-state index in [2.05, 4.69) is 24.5 Å². The van der Waals surface area contributed by atoms with Crippen molar-refractivity contribution in [1.29, 1.82) is 0 Å². The van der Waals surface area contributed by atoms with Gasteiger partial charge in [0.2, 0.25) is 5.91 Å². The molecule has 0 saturated heterocycles. The summed E-state index contributed by atoms with van der Waals surface area (Å²) in [6, 6.07) is 11.8. The molecule has 2 aromatic carbocycles. The number of carbonyl (C=O) groups is 2. The average Bonchev–Trinajstić information content (AvgIpc) is 2.67. The molecule has 0 spiro atoms. The Kier molecular flexibility index (Phi) is 7.61. The summed E-state index contributed by atoms with van der Waals surface area (Å²) in [5.74, 6) is 0.475. The molecule has 1 unspecified atom stereocenters.